The third-order valence-electron chi connectivity index (χ3n) is 7.32. The fourth-order valence-corrected chi connectivity index (χ4v) is 5.01. The monoisotopic (exact) mass is 519 g/mol. The molecular weight excluding hydrogens is 490 g/mol. The van der Waals surface area contributed by atoms with Gasteiger partial charge in [0.05, 0.1) is 35.7 Å². The van der Waals surface area contributed by atoms with Gasteiger partial charge in [-0.1, -0.05) is 18.2 Å². The van der Waals surface area contributed by atoms with E-state index in [1.807, 2.05) is 11.8 Å². The lowest BCUT2D eigenvalue weighted by Gasteiger charge is -2.35. The fraction of sp³-hybridized carbons (Fsp3) is 0.500. The first-order chi connectivity index (χ1) is 17.7. The largest absolute Gasteiger partial charge is 0.377 e. The minimum Gasteiger partial charge on any atom is -0.377 e. The molecule has 5 rings (SSSR count). The van der Waals surface area contributed by atoms with Crippen molar-refractivity contribution in [1.29, 1.82) is 0 Å². The normalized spacial score (nSPS) is 19.9. The lowest BCUT2D eigenvalue weighted by atomic mass is 10.0. The van der Waals surface area contributed by atoms with Crippen LogP contribution in [0.2, 0.25) is 0 Å². The molecule has 3 heterocycles. The van der Waals surface area contributed by atoms with Crippen LogP contribution in [0.4, 0.5) is 29.1 Å². The number of nitrogens with zero attached hydrogens (tertiary/aromatic N) is 4. The predicted octanol–water partition coefficient (Wildman–Crippen LogP) is 5.03. The van der Waals surface area contributed by atoms with Crippen LogP contribution in [-0.2, 0) is 10.3 Å². The third-order valence-corrected chi connectivity index (χ3v) is 7.32. The van der Waals surface area contributed by atoms with Gasteiger partial charge in [-0.2, -0.15) is 0 Å². The molecule has 0 unspecified atom stereocenters. The summed E-state index contributed by atoms with van der Waals surface area (Å²) in [5.74, 6) is -0.306. The Kier molecular flexibility index (Phi) is 6.59. The molecule has 2 atom stereocenters. The zero-order valence-corrected chi connectivity index (χ0v) is 20.9. The number of benzene rings is 1. The highest BCUT2D eigenvalue weighted by atomic mass is 19.3. The topological polar surface area (TPSA) is 72.3 Å². The molecule has 1 N–H and O–H groups in total. The van der Waals surface area contributed by atoms with E-state index in [1.165, 1.54) is 16.7 Å². The van der Waals surface area contributed by atoms with Crippen LogP contribution in [0.1, 0.15) is 56.1 Å². The van der Waals surface area contributed by atoms with Crippen molar-refractivity contribution < 1.29 is 22.3 Å². The number of fused-ring (bicyclic) bond motifs is 1. The summed E-state index contributed by atoms with van der Waals surface area (Å²) in [4.78, 5) is 24.8. The van der Waals surface area contributed by atoms with Gasteiger partial charge in [0, 0.05) is 24.3 Å². The van der Waals surface area contributed by atoms with Crippen LogP contribution in [0.5, 0.6) is 0 Å². The summed E-state index contributed by atoms with van der Waals surface area (Å²) >= 11 is 0. The molecule has 7 nitrogen and oxygen atoms in total. The van der Waals surface area contributed by atoms with Crippen LogP contribution in [0, 0.1) is 12.7 Å². The van der Waals surface area contributed by atoms with E-state index < -0.39 is 36.1 Å². The number of ether oxygens (including phenoxy) is 1. The minimum absolute atomic E-state index is 0.0555. The van der Waals surface area contributed by atoms with Crippen LogP contribution in [0.3, 0.4) is 0 Å². The molecule has 0 bridgehead atoms. The van der Waals surface area contributed by atoms with Crippen LogP contribution in [0.15, 0.2) is 29.2 Å². The highest BCUT2D eigenvalue weighted by molar-refractivity contribution is 5.97. The molecule has 11 heteroatoms. The molecule has 3 aromatic rings. The van der Waals surface area contributed by atoms with E-state index in [4.69, 9.17) is 4.74 Å². The summed E-state index contributed by atoms with van der Waals surface area (Å²) in [6.07, 6.45) is -0.314. The SMILES string of the molecule is Cc1nc(N[C@H](C)c2cccc(C(F)F)c2F)c2cn(C3(CF)CC3)c(=O)c(N3CCOC[C@H]3C)c2n1. The number of hydrogen-bond acceptors (Lipinski definition) is 6. The molecule has 0 spiro atoms. The Hall–Kier alpha value is -3.21. The van der Waals surface area contributed by atoms with Gasteiger partial charge in [0.15, 0.2) is 0 Å². The molecule has 2 fully saturated rings. The molecule has 1 aliphatic carbocycles. The van der Waals surface area contributed by atoms with Crippen molar-refractivity contribution in [3.05, 3.63) is 57.5 Å². The number of nitrogens with one attached hydrogen (secondary N) is 1. The number of hydrogen-bond donors (Lipinski definition) is 1. The van der Waals surface area contributed by atoms with E-state index >= 15 is 0 Å². The summed E-state index contributed by atoms with van der Waals surface area (Å²) in [5, 5.41) is 3.61. The third kappa shape index (κ3) is 4.43. The molecule has 1 saturated carbocycles. The highest BCUT2D eigenvalue weighted by Crippen LogP contribution is 2.44. The van der Waals surface area contributed by atoms with Crippen molar-refractivity contribution in [2.75, 3.05) is 36.6 Å². The first-order valence-electron chi connectivity index (χ1n) is 12.3. The van der Waals surface area contributed by atoms with E-state index in [0.717, 1.165) is 6.07 Å². The Morgan fingerprint density at radius 3 is 2.62 bits per heavy atom. The Balaban J connectivity index is 1.68. The van der Waals surface area contributed by atoms with Crippen LogP contribution >= 0.6 is 0 Å². The van der Waals surface area contributed by atoms with Crippen molar-refractivity contribution in [3.8, 4) is 0 Å². The number of halogens is 4. The summed E-state index contributed by atoms with van der Waals surface area (Å²) < 4.78 is 62.6. The van der Waals surface area contributed by atoms with E-state index in [2.05, 4.69) is 15.3 Å². The van der Waals surface area contributed by atoms with Gasteiger partial charge in [-0.3, -0.25) is 4.79 Å². The second kappa shape index (κ2) is 9.59. The summed E-state index contributed by atoms with van der Waals surface area (Å²) in [5.41, 5.74) is -1.12. The number of anilines is 2. The zero-order valence-electron chi connectivity index (χ0n) is 20.9. The molecule has 2 aromatic heterocycles. The molecule has 198 valence electrons. The minimum atomic E-state index is -2.95. The van der Waals surface area contributed by atoms with Gasteiger partial charge in [0.25, 0.3) is 12.0 Å². The average molecular weight is 520 g/mol. The summed E-state index contributed by atoms with van der Waals surface area (Å²) in [6, 6.07) is 3.03. The van der Waals surface area contributed by atoms with Crippen molar-refractivity contribution in [3.63, 3.8) is 0 Å². The van der Waals surface area contributed by atoms with E-state index in [0.29, 0.717) is 60.8 Å². The average Bonchev–Trinajstić information content (AvgIpc) is 3.65. The van der Waals surface area contributed by atoms with Crippen molar-refractivity contribution in [2.24, 2.45) is 0 Å². The first-order valence-corrected chi connectivity index (χ1v) is 12.3. The summed E-state index contributed by atoms with van der Waals surface area (Å²) in [6.45, 7) is 5.89. The van der Waals surface area contributed by atoms with Crippen molar-refractivity contribution >= 4 is 22.4 Å². The maximum Gasteiger partial charge on any atom is 0.277 e. The van der Waals surface area contributed by atoms with Gasteiger partial charge in [-0.25, -0.2) is 27.5 Å². The highest BCUT2D eigenvalue weighted by Gasteiger charge is 2.46. The Morgan fingerprint density at radius 2 is 1.97 bits per heavy atom. The Labute approximate surface area is 211 Å². The maximum absolute atomic E-state index is 14.9. The molecule has 0 radical (unpaired) electrons. The molecule has 1 saturated heterocycles. The molecular formula is C26H29F4N5O2. The second-order valence-corrected chi connectivity index (χ2v) is 9.93. The van der Waals surface area contributed by atoms with Crippen LogP contribution in [-0.4, -0.2) is 47.0 Å². The van der Waals surface area contributed by atoms with Gasteiger partial charge in [0.2, 0.25) is 0 Å². The predicted molar refractivity (Wildman–Crippen MR) is 133 cm³/mol. The van der Waals surface area contributed by atoms with Gasteiger partial charge in [-0.05, 0) is 33.6 Å². The van der Waals surface area contributed by atoms with E-state index in [1.54, 1.807) is 20.0 Å². The number of aryl methyl sites for hydroxylation is 1. The zero-order chi connectivity index (χ0) is 26.5. The number of alkyl halides is 3. The second-order valence-electron chi connectivity index (χ2n) is 9.93. The molecule has 2 aliphatic rings. The lowest BCUT2D eigenvalue weighted by molar-refractivity contribution is 0.0988. The molecule has 0 amide bonds. The molecule has 1 aliphatic heterocycles. The van der Waals surface area contributed by atoms with Crippen LogP contribution in [0.25, 0.3) is 10.9 Å². The van der Waals surface area contributed by atoms with Gasteiger partial charge < -0.3 is 19.5 Å². The van der Waals surface area contributed by atoms with Crippen molar-refractivity contribution in [1.82, 2.24) is 14.5 Å². The van der Waals surface area contributed by atoms with Crippen LogP contribution < -0.4 is 15.8 Å². The number of aromatic nitrogens is 3. The maximum atomic E-state index is 14.9. The first kappa shape index (κ1) is 25.4. The lowest BCUT2D eigenvalue weighted by Crippen LogP contribution is -2.47. The standard InChI is InChI=1S/C26H29F4N5O2/c1-14-12-37-10-9-34(14)22-21-19(11-35(25(22)36)26(13-27)7-8-26)24(33-16(3)32-21)31-15(2)17-5-4-6-18(20(17)28)23(29)30/h4-6,11,14-15,23H,7-10,12-13H2,1-3H3,(H,31,32,33)/t14-,15-/m1/s1. The Bertz CT molecular complexity index is 1390. The van der Waals surface area contributed by atoms with E-state index in [-0.39, 0.29) is 17.2 Å². The smallest absolute Gasteiger partial charge is 0.277 e. The van der Waals surface area contributed by atoms with E-state index in [9.17, 15) is 22.4 Å². The fourth-order valence-electron chi connectivity index (χ4n) is 5.01. The Morgan fingerprint density at radius 1 is 1.24 bits per heavy atom. The number of pyridine rings is 1. The number of rotatable bonds is 7. The number of morpholine rings is 1. The van der Waals surface area contributed by atoms with Gasteiger partial charge in [-0.15, -0.1) is 0 Å². The summed E-state index contributed by atoms with van der Waals surface area (Å²) in [7, 11) is 0. The van der Waals surface area contributed by atoms with Gasteiger partial charge in [0.1, 0.15) is 35.3 Å². The molecule has 37 heavy (non-hydrogen) atoms. The molecule has 1 aromatic carbocycles. The quantitative estimate of drug-likeness (QED) is 0.442. The van der Waals surface area contributed by atoms with Gasteiger partial charge >= 0.3 is 0 Å². The van der Waals surface area contributed by atoms with Crippen molar-refractivity contribution in [2.45, 2.75) is 57.7 Å².